The summed E-state index contributed by atoms with van der Waals surface area (Å²) in [6, 6.07) is 7.74. The van der Waals surface area contributed by atoms with Gasteiger partial charge in [0.05, 0.1) is 23.3 Å². The summed E-state index contributed by atoms with van der Waals surface area (Å²) in [5, 5.41) is 16.7. The summed E-state index contributed by atoms with van der Waals surface area (Å²) in [5.74, 6) is 1.32. The molecule has 0 bridgehead atoms. The molecule has 1 aromatic carbocycles. The summed E-state index contributed by atoms with van der Waals surface area (Å²) < 4.78 is 3.52. The van der Waals surface area contributed by atoms with Crippen LogP contribution in [0.15, 0.2) is 30.7 Å². The lowest BCUT2D eigenvalue weighted by molar-refractivity contribution is 0.736. The number of nitriles is 1. The third-order valence-electron chi connectivity index (χ3n) is 3.34. The molecule has 0 saturated heterocycles. The molecule has 0 aliphatic heterocycles. The number of anilines is 2. The summed E-state index contributed by atoms with van der Waals surface area (Å²) in [7, 11) is 1.83. The SMILES string of the molecule is Cc1cn(-c2ccc(Nc3nc(C)n(C)n3)cc2C#N)cn1. The van der Waals surface area contributed by atoms with Gasteiger partial charge in [-0.1, -0.05) is 0 Å². The summed E-state index contributed by atoms with van der Waals surface area (Å²) in [4.78, 5) is 8.47. The summed E-state index contributed by atoms with van der Waals surface area (Å²) in [6.07, 6.45) is 3.58. The van der Waals surface area contributed by atoms with Crippen molar-refractivity contribution in [3.8, 4) is 11.8 Å². The van der Waals surface area contributed by atoms with E-state index in [4.69, 9.17) is 0 Å². The second-order valence-corrected chi connectivity index (χ2v) is 5.00. The smallest absolute Gasteiger partial charge is 0.246 e. The Labute approximate surface area is 127 Å². The van der Waals surface area contributed by atoms with Gasteiger partial charge in [0.15, 0.2) is 0 Å². The van der Waals surface area contributed by atoms with Gasteiger partial charge < -0.3 is 9.88 Å². The predicted molar refractivity (Wildman–Crippen MR) is 82.0 cm³/mol. The molecule has 0 amide bonds. The highest BCUT2D eigenvalue weighted by molar-refractivity contribution is 5.62. The van der Waals surface area contributed by atoms with Crippen LogP contribution < -0.4 is 5.32 Å². The van der Waals surface area contributed by atoms with E-state index in [0.717, 1.165) is 22.9 Å². The lowest BCUT2D eigenvalue weighted by Gasteiger charge is -2.07. The Hall–Kier alpha value is -3.14. The molecule has 0 spiro atoms. The zero-order valence-electron chi connectivity index (χ0n) is 12.6. The molecule has 2 aromatic heterocycles. The van der Waals surface area contributed by atoms with Crippen LogP contribution in [0.5, 0.6) is 0 Å². The van der Waals surface area contributed by atoms with Crippen molar-refractivity contribution in [1.82, 2.24) is 24.3 Å². The number of hydrogen-bond acceptors (Lipinski definition) is 5. The molecular weight excluding hydrogens is 278 g/mol. The van der Waals surface area contributed by atoms with Gasteiger partial charge in [-0.15, -0.1) is 5.10 Å². The van der Waals surface area contributed by atoms with Crippen LogP contribution in [0.4, 0.5) is 11.6 Å². The van der Waals surface area contributed by atoms with E-state index in [9.17, 15) is 5.26 Å². The van der Waals surface area contributed by atoms with E-state index in [1.807, 2.05) is 43.8 Å². The van der Waals surface area contributed by atoms with Crippen LogP contribution in [0.1, 0.15) is 17.1 Å². The summed E-state index contributed by atoms with van der Waals surface area (Å²) in [5.41, 5.74) is 3.01. The van der Waals surface area contributed by atoms with Crippen molar-refractivity contribution in [2.75, 3.05) is 5.32 Å². The molecule has 2 heterocycles. The maximum absolute atomic E-state index is 9.38. The molecule has 0 unspecified atom stereocenters. The molecule has 1 N–H and O–H groups in total. The van der Waals surface area contributed by atoms with E-state index < -0.39 is 0 Å². The minimum absolute atomic E-state index is 0.509. The van der Waals surface area contributed by atoms with Crippen LogP contribution in [0.3, 0.4) is 0 Å². The average molecular weight is 293 g/mol. The van der Waals surface area contributed by atoms with Crippen molar-refractivity contribution in [2.45, 2.75) is 13.8 Å². The lowest BCUT2D eigenvalue weighted by Crippen LogP contribution is -1.98. The zero-order chi connectivity index (χ0) is 15.7. The molecule has 7 heteroatoms. The Morgan fingerprint density at radius 3 is 2.68 bits per heavy atom. The number of benzene rings is 1. The van der Waals surface area contributed by atoms with Gasteiger partial charge in [0, 0.05) is 18.9 Å². The van der Waals surface area contributed by atoms with Gasteiger partial charge in [-0.05, 0) is 32.0 Å². The molecule has 7 nitrogen and oxygen atoms in total. The van der Waals surface area contributed by atoms with E-state index in [0.29, 0.717) is 11.5 Å². The number of nitrogens with zero attached hydrogens (tertiary/aromatic N) is 6. The Kier molecular flexibility index (Phi) is 3.35. The molecule has 0 atom stereocenters. The number of imidazole rings is 1. The third-order valence-corrected chi connectivity index (χ3v) is 3.34. The number of hydrogen-bond donors (Lipinski definition) is 1. The average Bonchev–Trinajstić information content (AvgIpc) is 3.05. The van der Waals surface area contributed by atoms with Gasteiger partial charge in [-0.2, -0.15) is 10.2 Å². The van der Waals surface area contributed by atoms with Crippen molar-refractivity contribution < 1.29 is 0 Å². The second kappa shape index (κ2) is 5.33. The van der Waals surface area contributed by atoms with E-state index in [1.54, 1.807) is 17.1 Å². The number of nitrogens with one attached hydrogen (secondary N) is 1. The summed E-state index contributed by atoms with van der Waals surface area (Å²) >= 11 is 0. The first-order valence-electron chi connectivity index (χ1n) is 6.76. The minimum Gasteiger partial charge on any atom is -0.323 e. The van der Waals surface area contributed by atoms with Crippen molar-refractivity contribution in [3.63, 3.8) is 0 Å². The Balaban J connectivity index is 1.93. The highest BCUT2D eigenvalue weighted by atomic mass is 15.4. The van der Waals surface area contributed by atoms with Crippen LogP contribution in [-0.2, 0) is 7.05 Å². The first-order valence-corrected chi connectivity index (χ1v) is 6.76. The molecule has 0 aliphatic rings. The molecule has 0 fully saturated rings. The van der Waals surface area contributed by atoms with Crippen LogP contribution in [-0.4, -0.2) is 24.3 Å². The van der Waals surface area contributed by atoms with Gasteiger partial charge in [-0.25, -0.2) is 4.98 Å². The van der Waals surface area contributed by atoms with Gasteiger partial charge in [-0.3, -0.25) is 4.68 Å². The molecule has 22 heavy (non-hydrogen) atoms. The molecule has 0 radical (unpaired) electrons. The highest BCUT2D eigenvalue weighted by Gasteiger charge is 2.08. The van der Waals surface area contributed by atoms with Crippen LogP contribution in [0.25, 0.3) is 5.69 Å². The van der Waals surface area contributed by atoms with Crippen LogP contribution >= 0.6 is 0 Å². The normalized spacial score (nSPS) is 10.5. The monoisotopic (exact) mass is 293 g/mol. The maximum atomic E-state index is 9.38. The Bertz CT molecular complexity index is 847. The topological polar surface area (TPSA) is 84.4 Å². The fourth-order valence-corrected chi connectivity index (χ4v) is 2.13. The molecule has 0 aliphatic carbocycles. The van der Waals surface area contributed by atoms with Crippen LogP contribution in [0, 0.1) is 25.2 Å². The standard InChI is InChI=1S/C15H15N7/c1-10-8-22(9-17-10)14-5-4-13(6-12(14)7-16)19-15-18-11(2)21(3)20-15/h4-6,8-9H,1-3H3,(H,19,20). The maximum Gasteiger partial charge on any atom is 0.246 e. The molecule has 3 rings (SSSR count). The van der Waals surface area contributed by atoms with Crippen molar-refractivity contribution >= 4 is 11.6 Å². The van der Waals surface area contributed by atoms with Gasteiger partial charge in [0.2, 0.25) is 5.95 Å². The molecule has 0 saturated carbocycles. The number of aromatic nitrogens is 5. The van der Waals surface area contributed by atoms with E-state index >= 15 is 0 Å². The predicted octanol–water partition coefficient (Wildman–Crippen LogP) is 2.23. The van der Waals surface area contributed by atoms with Crippen LogP contribution in [0.2, 0.25) is 0 Å². The molecule has 110 valence electrons. The second-order valence-electron chi connectivity index (χ2n) is 5.00. The number of rotatable bonds is 3. The fourth-order valence-electron chi connectivity index (χ4n) is 2.13. The Morgan fingerprint density at radius 1 is 1.27 bits per heavy atom. The lowest BCUT2D eigenvalue weighted by atomic mass is 10.1. The van der Waals surface area contributed by atoms with E-state index in [1.165, 1.54) is 0 Å². The Morgan fingerprint density at radius 2 is 2.09 bits per heavy atom. The zero-order valence-corrected chi connectivity index (χ0v) is 12.6. The molecular formula is C15H15N7. The molecule has 3 aromatic rings. The van der Waals surface area contributed by atoms with Gasteiger partial charge >= 0.3 is 0 Å². The summed E-state index contributed by atoms with van der Waals surface area (Å²) in [6.45, 7) is 3.79. The van der Waals surface area contributed by atoms with Crippen molar-refractivity contribution in [3.05, 3.63) is 47.8 Å². The van der Waals surface area contributed by atoms with Crippen molar-refractivity contribution in [2.24, 2.45) is 7.05 Å². The quantitative estimate of drug-likeness (QED) is 0.800. The van der Waals surface area contributed by atoms with Gasteiger partial charge in [0.1, 0.15) is 11.9 Å². The largest absolute Gasteiger partial charge is 0.323 e. The highest BCUT2D eigenvalue weighted by Crippen LogP contribution is 2.21. The van der Waals surface area contributed by atoms with E-state index in [2.05, 4.69) is 26.5 Å². The van der Waals surface area contributed by atoms with E-state index in [-0.39, 0.29) is 0 Å². The van der Waals surface area contributed by atoms with Crippen molar-refractivity contribution in [1.29, 1.82) is 5.26 Å². The minimum atomic E-state index is 0.509. The fraction of sp³-hybridized carbons (Fsp3) is 0.200. The van der Waals surface area contributed by atoms with Gasteiger partial charge in [0.25, 0.3) is 0 Å². The number of aryl methyl sites for hydroxylation is 3. The third kappa shape index (κ3) is 2.54. The first kappa shape index (κ1) is 13.8. The first-order chi connectivity index (χ1) is 10.6.